The summed E-state index contributed by atoms with van der Waals surface area (Å²) >= 11 is 0. The molecule has 0 spiro atoms. The highest BCUT2D eigenvalue weighted by molar-refractivity contribution is 5.57. The van der Waals surface area contributed by atoms with E-state index in [2.05, 4.69) is 48.5 Å². The van der Waals surface area contributed by atoms with Crippen LogP contribution in [-0.2, 0) is 11.0 Å². The number of benzene rings is 2. The van der Waals surface area contributed by atoms with Gasteiger partial charge in [0.05, 0.1) is 11.1 Å². The summed E-state index contributed by atoms with van der Waals surface area (Å²) in [6, 6.07) is 16.1. The summed E-state index contributed by atoms with van der Waals surface area (Å²) < 4.78 is 2.09. The molecule has 3 aromatic rings. The minimum atomic E-state index is -1.13. The fraction of sp³-hybridized carbons (Fsp3) is 0.250. The molecule has 0 saturated carbocycles. The van der Waals surface area contributed by atoms with Gasteiger partial charge in [-0.2, -0.15) is 0 Å². The molecule has 1 N–H and O–H groups in total. The maximum Gasteiger partial charge on any atom is 0.129 e. The van der Waals surface area contributed by atoms with Gasteiger partial charge in [-0.3, -0.25) is 0 Å². The number of rotatable bonds is 1. The van der Waals surface area contributed by atoms with Crippen molar-refractivity contribution in [2.75, 3.05) is 0 Å². The second-order valence-corrected chi connectivity index (χ2v) is 6.84. The van der Waals surface area contributed by atoms with Gasteiger partial charge >= 0.3 is 0 Å². The van der Waals surface area contributed by atoms with Gasteiger partial charge < -0.3 is 9.67 Å². The Labute approximate surface area is 136 Å². The zero-order valence-electron chi connectivity index (χ0n) is 13.6. The van der Waals surface area contributed by atoms with Gasteiger partial charge in [0.2, 0.25) is 0 Å². The van der Waals surface area contributed by atoms with Crippen molar-refractivity contribution in [2.24, 2.45) is 0 Å². The first-order valence-corrected chi connectivity index (χ1v) is 7.89. The van der Waals surface area contributed by atoms with E-state index in [1.165, 1.54) is 0 Å². The van der Waals surface area contributed by atoms with Crippen molar-refractivity contribution in [3.63, 3.8) is 0 Å². The number of hydrogen-bond donors (Lipinski definition) is 1. The molecule has 23 heavy (non-hydrogen) atoms. The van der Waals surface area contributed by atoms with Crippen LogP contribution in [0.5, 0.6) is 0 Å². The van der Waals surface area contributed by atoms with Crippen molar-refractivity contribution in [3.05, 3.63) is 83.4 Å². The molecular formula is C20H20N2O. The average Bonchev–Trinajstić information content (AvgIpc) is 3.04. The highest BCUT2D eigenvalue weighted by Gasteiger charge is 2.53. The average molecular weight is 304 g/mol. The zero-order chi connectivity index (χ0) is 16.2. The molecule has 1 atom stereocenters. The molecule has 2 aromatic carbocycles. The lowest BCUT2D eigenvalue weighted by atomic mass is 9.64. The van der Waals surface area contributed by atoms with Crippen LogP contribution in [0.2, 0.25) is 0 Å². The van der Waals surface area contributed by atoms with Crippen LogP contribution in [0.4, 0.5) is 0 Å². The third-order valence-electron chi connectivity index (χ3n) is 5.10. The van der Waals surface area contributed by atoms with Crippen molar-refractivity contribution in [1.82, 2.24) is 9.55 Å². The lowest BCUT2D eigenvalue weighted by Crippen LogP contribution is -2.50. The summed E-state index contributed by atoms with van der Waals surface area (Å²) in [7, 11) is 0. The molecule has 1 aliphatic heterocycles. The Hall–Kier alpha value is -2.39. The molecule has 4 rings (SSSR count). The minimum absolute atomic E-state index is 0.557. The standard InChI is InChI=1S/C20H20N2O/c1-14-9-10-17-16(13-14)20(23,15-7-5-4-6-8-15)19(2,3)18-21-11-12-22(17)18/h4-13,23H,1-3H3. The van der Waals surface area contributed by atoms with Gasteiger partial charge in [0, 0.05) is 18.0 Å². The number of aryl methyl sites for hydroxylation is 1. The number of nitrogens with zero attached hydrogens (tertiary/aromatic N) is 2. The van der Waals surface area contributed by atoms with Gasteiger partial charge in [0.15, 0.2) is 0 Å². The van der Waals surface area contributed by atoms with Crippen molar-refractivity contribution >= 4 is 0 Å². The Morgan fingerprint density at radius 2 is 1.78 bits per heavy atom. The van der Waals surface area contributed by atoms with E-state index in [9.17, 15) is 5.11 Å². The normalized spacial score (nSPS) is 21.6. The van der Waals surface area contributed by atoms with Gasteiger partial charge in [0.1, 0.15) is 11.4 Å². The molecule has 116 valence electrons. The predicted molar refractivity (Wildman–Crippen MR) is 90.8 cm³/mol. The number of fused-ring (bicyclic) bond motifs is 3. The van der Waals surface area contributed by atoms with E-state index in [4.69, 9.17) is 0 Å². The van der Waals surface area contributed by atoms with Gasteiger partial charge in [-0.1, -0.05) is 48.0 Å². The SMILES string of the molecule is Cc1ccc2c(c1)C(O)(c1ccccc1)C(C)(C)c1nccn1-2. The van der Waals surface area contributed by atoms with Gasteiger partial charge in [-0.05, 0) is 32.4 Å². The third-order valence-corrected chi connectivity index (χ3v) is 5.10. The molecule has 0 bridgehead atoms. The fourth-order valence-electron chi connectivity index (χ4n) is 3.80. The van der Waals surface area contributed by atoms with Crippen LogP contribution in [0, 0.1) is 6.92 Å². The van der Waals surface area contributed by atoms with E-state index in [1.807, 2.05) is 36.5 Å². The number of imidazole rings is 1. The quantitative estimate of drug-likeness (QED) is 0.744. The summed E-state index contributed by atoms with van der Waals surface area (Å²) in [5, 5.41) is 12.0. The molecule has 0 aliphatic carbocycles. The van der Waals surface area contributed by atoms with Crippen molar-refractivity contribution < 1.29 is 5.11 Å². The lowest BCUT2D eigenvalue weighted by Gasteiger charge is -2.47. The summed E-state index contributed by atoms with van der Waals surface area (Å²) in [5.74, 6) is 0.875. The van der Waals surface area contributed by atoms with E-state index < -0.39 is 11.0 Å². The van der Waals surface area contributed by atoms with E-state index >= 15 is 0 Å². The van der Waals surface area contributed by atoms with Crippen LogP contribution in [0.3, 0.4) is 0 Å². The number of hydrogen-bond acceptors (Lipinski definition) is 2. The molecular weight excluding hydrogens is 284 g/mol. The van der Waals surface area contributed by atoms with Crippen molar-refractivity contribution in [2.45, 2.75) is 31.8 Å². The Kier molecular flexibility index (Phi) is 2.82. The molecule has 0 fully saturated rings. The first-order valence-electron chi connectivity index (χ1n) is 7.89. The first kappa shape index (κ1) is 14.2. The second-order valence-electron chi connectivity index (χ2n) is 6.84. The van der Waals surface area contributed by atoms with Crippen LogP contribution >= 0.6 is 0 Å². The summed E-state index contributed by atoms with van der Waals surface area (Å²) in [4.78, 5) is 4.55. The third kappa shape index (κ3) is 1.71. The zero-order valence-corrected chi connectivity index (χ0v) is 13.6. The summed E-state index contributed by atoms with van der Waals surface area (Å²) in [5.41, 5.74) is 2.27. The number of aliphatic hydroxyl groups is 1. The van der Waals surface area contributed by atoms with E-state index in [1.54, 1.807) is 6.20 Å². The smallest absolute Gasteiger partial charge is 0.129 e. The Balaban J connectivity index is 2.13. The molecule has 1 aromatic heterocycles. The fourth-order valence-corrected chi connectivity index (χ4v) is 3.80. The molecule has 0 saturated heterocycles. The number of aromatic nitrogens is 2. The van der Waals surface area contributed by atoms with E-state index in [0.717, 1.165) is 28.2 Å². The maximum absolute atomic E-state index is 12.0. The molecule has 3 heteroatoms. The molecule has 0 amide bonds. The van der Waals surface area contributed by atoms with E-state index in [-0.39, 0.29) is 0 Å². The Morgan fingerprint density at radius 1 is 1.04 bits per heavy atom. The van der Waals surface area contributed by atoms with Crippen LogP contribution < -0.4 is 0 Å². The van der Waals surface area contributed by atoms with Crippen LogP contribution in [0.1, 0.15) is 36.4 Å². The Bertz CT molecular complexity index is 880. The van der Waals surface area contributed by atoms with Gasteiger partial charge in [0.25, 0.3) is 0 Å². The monoisotopic (exact) mass is 304 g/mol. The van der Waals surface area contributed by atoms with Gasteiger partial charge in [-0.15, -0.1) is 0 Å². The largest absolute Gasteiger partial charge is 0.379 e. The van der Waals surface area contributed by atoms with Gasteiger partial charge in [-0.25, -0.2) is 4.98 Å². The van der Waals surface area contributed by atoms with Crippen LogP contribution in [-0.4, -0.2) is 14.7 Å². The minimum Gasteiger partial charge on any atom is -0.379 e. The maximum atomic E-state index is 12.0. The van der Waals surface area contributed by atoms with Crippen molar-refractivity contribution in [1.29, 1.82) is 0 Å². The molecule has 1 unspecified atom stereocenters. The topological polar surface area (TPSA) is 38.1 Å². The first-order chi connectivity index (χ1) is 11.0. The lowest BCUT2D eigenvalue weighted by molar-refractivity contribution is -0.00121. The molecule has 0 radical (unpaired) electrons. The molecule has 2 heterocycles. The van der Waals surface area contributed by atoms with Crippen LogP contribution in [0.15, 0.2) is 60.9 Å². The summed E-state index contributed by atoms with van der Waals surface area (Å²) in [6.45, 7) is 6.18. The van der Waals surface area contributed by atoms with Crippen molar-refractivity contribution in [3.8, 4) is 5.69 Å². The highest BCUT2D eigenvalue weighted by Crippen LogP contribution is 2.51. The Morgan fingerprint density at radius 3 is 2.52 bits per heavy atom. The molecule has 3 nitrogen and oxygen atoms in total. The highest BCUT2D eigenvalue weighted by atomic mass is 16.3. The van der Waals surface area contributed by atoms with Crippen LogP contribution in [0.25, 0.3) is 5.69 Å². The molecule has 1 aliphatic rings. The predicted octanol–water partition coefficient (Wildman–Crippen LogP) is 3.71. The van der Waals surface area contributed by atoms with E-state index in [0.29, 0.717) is 0 Å². The summed E-state index contributed by atoms with van der Waals surface area (Å²) in [6.07, 6.45) is 3.77. The second kappa shape index (κ2) is 4.56.